The van der Waals surface area contributed by atoms with Gasteiger partial charge in [0.25, 0.3) is 0 Å². The molecule has 0 aliphatic heterocycles. The highest BCUT2D eigenvalue weighted by Gasteiger charge is 2.12. The molecule has 0 unspecified atom stereocenters. The standard InChI is InChI=1S/C14H23N3O/c1-2-18-14-10-13(15-11-16-14)17-12-8-6-4-3-5-7-9-12/h10-12H,2-9H2,1H3,(H,15,16,17). The minimum Gasteiger partial charge on any atom is -0.478 e. The van der Waals surface area contributed by atoms with Crippen LogP contribution in [0.5, 0.6) is 5.88 Å². The number of nitrogens with one attached hydrogen (secondary N) is 1. The molecule has 0 aromatic carbocycles. The average molecular weight is 249 g/mol. The Morgan fingerprint density at radius 2 is 1.89 bits per heavy atom. The molecular weight excluding hydrogens is 226 g/mol. The molecule has 4 heteroatoms. The molecule has 0 amide bonds. The van der Waals surface area contributed by atoms with Crippen molar-refractivity contribution < 1.29 is 4.74 Å². The zero-order valence-electron chi connectivity index (χ0n) is 11.2. The zero-order valence-corrected chi connectivity index (χ0v) is 11.2. The molecular formula is C14H23N3O. The van der Waals surface area contributed by atoms with E-state index in [4.69, 9.17) is 4.74 Å². The van der Waals surface area contributed by atoms with Crippen molar-refractivity contribution in [2.75, 3.05) is 11.9 Å². The lowest BCUT2D eigenvalue weighted by Gasteiger charge is -2.21. The Balaban J connectivity index is 1.92. The summed E-state index contributed by atoms with van der Waals surface area (Å²) in [5.41, 5.74) is 0. The summed E-state index contributed by atoms with van der Waals surface area (Å²) in [6, 6.07) is 2.44. The van der Waals surface area contributed by atoms with E-state index in [1.807, 2.05) is 13.0 Å². The second kappa shape index (κ2) is 7.19. The zero-order chi connectivity index (χ0) is 12.6. The number of ether oxygens (including phenoxy) is 1. The average Bonchev–Trinajstić information content (AvgIpc) is 2.33. The molecule has 0 atom stereocenters. The lowest BCUT2D eigenvalue weighted by molar-refractivity contribution is 0.326. The van der Waals surface area contributed by atoms with Gasteiger partial charge in [-0.2, -0.15) is 0 Å². The topological polar surface area (TPSA) is 47.0 Å². The van der Waals surface area contributed by atoms with Crippen molar-refractivity contribution in [1.29, 1.82) is 0 Å². The van der Waals surface area contributed by atoms with Crippen LogP contribution in [0.15, 0.2) is 12.4 Å². The van der Waals surface area contributed by atoms with Gasteiger partial charge in [0.1, 0.15) is 12.1 Å². The van der Waals surface area contributed by atoms with Crippen molar-refractivity contribution in [3.8, 4) is 5.88 Å². The van der Waals surface area contributed by atoms with Crippen LogP contribution in [0.2, 0.25) is 0 Å². The van der Waals surface area contributed by atoms with Gasteiger partial charge in [-0.1, -0.05) is 32.1 Å². The smallest absolute Gasteiger partial charge is 0.218 e. The lowest BCUT2D eigenvalue weighted by atomic mass is 9.97. The van der Waals surface area contributed by atoms with E-state index in [-0.39, 0.29) is 0 Å². The van der Waals surface area contributed by atoms with Crippen LogP contribution < -0.4 is 10.1 Å². The summed E-state index contributed by atoms with van der Waals surface area (Å²) >= 11 is 0. The van der Waals surface area contributed by atoms with Crippen molar-refractivity contribution in [3.05, 3.63) is 12.4 Å². The molecule has 1 N–H and O–H groups in total. The minimum atomic E-state index is 0.551. The first-order chi connectivity index (χ1) is 8.88. The fourth-order valence-corrected chi connectivity index (χ4v) is 2.45. The quantitative estimate of drug-likeness (QED) is 0.888. The van der Waals surface area contributed by atoms with Crippen LogP contribution in [-0.4, -0.2) is 22.6 Å². The number of rotatable bonds is 4. The van der Waals surface area contributed by atoms with Gasteiger partial charge in [-0.3, -0.25) is 0 Å². The summed E-state index contributed by atoms with van der Waals surface area (Å²) in [6.45, 7) is 2.60. The fraction of sp³-hybridized carbons (Fsp3) is 0.714. The van der Waals surface area contributed by atoms with Crippen molar-refractivity contribution in [3.63, 3.8) is 0 Å². The third kappa shape index (κ3) is 4.17. The van der Waals surface area contributed by atoms with E-state index in [1.165, 1.54) is 44.9 Å². The van der Waals surface area contributed by atoms with Gasteiger partial charge in [0, 0.05) is 12.1 Å². The highest BCUT2D eigenvalue weighted by Crippen LogP contribution is 2.20. The Hall–Kier alpha value is -1.32. The van der Waals surface area contributed by atoms with E-state index in [1.54, 1.807) is 6.33 Å². The number of aromatic nitrogens is 2. The van der Waals surface area contributed by atoms with Gasteiger partial charge >= 0.3 is 0 Å². The highest BCUT2D eigenvalue weighted by molar-refractivity contribution is 5.38. The predicted molar refractivity (Wildman–Crippen MR) is 72.9 cm³/mol. The Morgan fingerprint density at radius 1 is 1.17 bits per heavy atom. The van der Waals surface area contributed by atoms with E-state index >= 15 is 0 Å². The van der Waals surface area contributed by atoms with Crippen molar-refractivity contribution >= 4 is 5.82 Å². The van der Waals surface area contributed by atoms with Crippen LogP contribution in [0, 0.1) is 0 Å². The van der Waals surface area contributed by atoms with Crippen molar-refractivity contribution in [1.82, 2.24) is 9.97 Å². The van der Waals surface area contributed by atoms with Gasteiger partial charge in [-0.25, -0.2) is 9.97 Å². The summed E-state index contributed by atoms with van der Waals surface area (Å²) in [4.78, 5) is 8.35. The molecule has 1 aliphatic rings. The molecule has 0 radical (unpaired) electrons. The van der Waals surface area contributed by atoms with Crippen LogP contribution in [0.1, 0.15) is 51.9 Å². The number of nitrogens with zero attached hydrogens (tertiary/aromatic N) is 2. The normalized spacial score (nSPS) is 17.8. The summed E-state index contributed by atoms with van der Waals surface area (Å²) in [6.07, 6.45) is 10.8. The maximum atomic E-state index is 5.39. The molecule has 1 aliphatic carbocycles. The summed E-state index contributed by atoms with van der Waals surface area (Å²) in [5.74, 6) is 1.54. The molecule has 4 nitrogen and oxygen atoms in total. The van der Waals surface area contributed by atoms with Crippen LogP contribution in [0.3, 0.4) is 0 Å². The Morgan fingerprint density at radius 3 is 2.61 bits per heavy atom. The molecule has 1 aromatic rings. The molecule has 0 saturated heterocycles. The van der Waals surface area contributed by atoms with E-state index in [9.17, 15) is 0 Å². The van der Waals surface area contributed by atoms with Crippen LogP contribution in [0.25, 0.3) is 0 Å². The Bertz CT molecular complexity index is 349. The lowest BCUT2D eigenvalue weighted by Crippen LogP contribution is -2.21. The maximum Gasteiger partial charge on any atom is 0.218 e. The third-order valence-corrected chi connectivity index (χ3v) is 3.39. The second-order valence-electron chi connectivity index (χ2n) is 4.86. The minimum absolute atomic E-state index is 0.551. The van der Waals surface area contributed by atoms with E-state index in [0.29, 0.717) is 18.5 Å². The number of hydrogen-bond acceptors (Lipinski definition) is 4. The molecule has 1 aromatic heterocycles. The summed E-state index contributed by atoms with van der Waals surface area (Å²) in [7, 11) is 0. The van der Waals surface area contributed by atoms with Gasteiger partial charge in [-0.15, -0.1) is 0 Å². The van der Waals surface area contributed by atoms with E-state index in [2.05, 4.69) is 15.3 Å². The van der Waals surface area contributed by atoms with Crippen LogP contribution in [-0.2, 0) is 0 Å². The molecule has 100 valence electrons. The molecule has 18 heavy (non-hydrogen) atoms. The van der Waals surface area contributed by atoms with Crippen molar-refractivity contribution in [2.24, 2.45) is 0 Å². The SMILES string of the molecule is CCOc1cc(NC2CCCCCCC2)ncn1. The highest BCUT2D eigenvalue weighted by atomic mass is 16.5. The van der Waals surface area contributed by atoms with E-state index < -0.39 is 0 Å². The molecule has 0 bridgehead atoms. The van der Waals surface area contributed by atoms with E-state index in [0.717, 1.165) is 5.82 Å². The molecule has 0 spiro atoms. The first kappa shape index (κ1) is 13.1. The van der Waals surface area contributed by atoms with Gasteiger partial charge < -0.3 is 10.1 Å². The summed E-state index contributed by atoms with van der Waals surface area (Å²) in [5, 5.41) is 3.52. The van der Waals surface area contributed by atoms with Crippen LogP contribution >= 0.6 is 0 Å². The van der Waals surface area contributed by atoms with Crippen LogP contribution in [0.4, 0.5) is 5.82 Å². The number of anilines is 1. The third-order valence-electron chi connectivity index (χ3n) is 3.39. The molecule has 1 saturated carbocycles. The molecule has 1 fully saturated rings. The maximum absolute atomic E-state index is 5.39. The summed E-state index contributed by atoms with van der Waals surface area (Å²) < 4.78 is 5.39. The Kier molecular flexibility index (Phi) is 5.24. The Labute approximate surface area is 109 Å². The first-order valence-corrected chi connectivity index (χ1v) is 7.10. The largest absolute Gasteiger partial charge is 0.478 e. The van der Waals surface area contributed by atoms with Gasteiger partial charge in [0.2, 0.25) is 5.88 Å². The predicted octanol–water partition coefficient (Wildman–Crippen LogP) is 3.40. The van der Waals surface area contributed by atoms with Gasteiger partial charge in [-0.05, 0) is 19.8 Å². The number of hydrogen-bond donors (Lipinski definition) is 1. The molecule has 1 heterocycles. The van der Waals surface area contributed by atoms with Gasteiger partial charge in [0.15, 0.2) is 0 Å². The second-order valence-corrected chi connectivity index (χ2v) is 4.86. The molecule has 2 rings (SSSR count). The van der Waals surface area contributed by atoms with Gasteiger partial charge in [0.05, 0.1) is 6.61 Å². The fourth-order valence-electron chi connectivity index (χ4n) is 2.45. The monoisotopic (exact) mass is 249 g/mol. The first-order valence-electron chi connectivity index (χ1n) is 7.10. The van der Waals surface area contributed by atoms with Crippen molar-refractivity contribution in [2.45, 2.75) is 57.9 Å².